The molecule has 1 aromatic carbocycles. The third-order valence-electron chi connectivity index (χ3n) is 7.62. The molecule has 1 amide bonds. The number of aromatic nitrogens is 5. The van der Waals surface area contributed by atoms with E-state index in [0.717, 1.165) is 4.57 Å². The number of piperazine rings is 1. The van der Waals surface area contributed by atoms with E-state index in [4.69, 9.17) is 19.2 Å². The monoisotopic (exact) mass is 696 g/mol. The Morgan fingerprint density at radius 2 is 1.58 bits per heavy atom. The highest BCUT2D eigenvalue weighted by Crippen LogP contribution is 2.35. The lowest BCUT2D eigenvalue weighted by Gasteiger charge is -2.35. The number of hydrogen-bond acceptors (Lipinski definition) is 13. The number of morpholine rings is 1. The van der Waals surface area contributed by atoms with E-state index >= 15 is 0 Å². The first-order valence-corrected chi connectivity index (χ1v) is 17.1. The van der Waals surface area contributed by atoms with Crippen molar-refractivity contribution in [2.24, 2.45) is 0 Å². The van der Waals surface area contributed by atoms with Crippen LogP contribution in [-0.2, 0) is 19.5 Å². The van der Waals surface area contributed by atoms with Crippen LogP contribution in [0.25, 0.3) is 17.0 Å². The average molecular weight is 697 g/mol. The highest BCUT2D eigenvalue weighted by molar-refractivity contribution is 7.89. The van der Waals surface area contributed by atoms with Crippen LogP contribution < -0.4 is 19.9 Å². The predicted octanol–water partition coefficient (Wildman–Crippen LogP) is 2.35. The maximum atomic E-state index is 14.7. The van der Waals surface area contributed by atoms with Crippen molar-refractivity contribution in [3.05, 3.63) is 18.0 Å². The normalized spacial score (nSPS) is 16.6. The molecule has 0 saturated carbocycles. The lowest BCUT2D eigenvalue weighted by atomic mass is 10.2. The number of fused-ring (bicyclic) bond motifs is 1. The Hall–Kier alpha value is -3.94. The number of nitrogens with one attached hydrogen (secondary N) is 1. The van der Waals surface area contributed by atoms with Gasteiger partial charge in [0.25, 0.3) is 6.43 Å². The second-order valence-electron chi connectivity index (χ2n) is 12.6. The standard InChI is InChI=1S/C29H42F2N10O6S/c1-29(2,3)47-28(42)32-19-17-20-22(21(18-19)45-6)33-24(23(30)31)41(20)27-35-25(34-26(36-27)39-11-14-46-15-12-39)38-7-9-40(10-8-38)48(43,44)16-13-37(4)5/h17-18,23H,7-16H2,1-6H3,(H,32,42). The molecular weight excluding hydrogens is 654 g/mol. The molecule has 0 atom stereocenters. The summed E-state index contributed by atoms with van der Waals surface area (Å²) < 4.78 is 74.2. The van der Waals surface area contributed by atoms with E-state index in [1.807, 2.05) is 28.8 Å². The van der Waals surface area contributed by atoms with Crippen molar-refractivity contribution < 1.29 is 36.2 Å². The summed E-state index contributed by atoms with van der Waals surface area (Å²) in [6, 6.07) is 2.93. The predicted molar refractivity (Wildman–Crippen MR) is 175 cm³/mol. The molecule has 2 aromatic heterocycles. The highest BCUT2D eigenvalue weighted by atomic mass is 32.2. The van der Waals surface area contributed by atoms with Gasteiger partial charge in [-0.05, 0) is 40.9 Å². The van der Waals surface area contributed by atoms with Crippen molar-refractivity contribution in [1.82, 2.24) is 33.7 Å². The Bertz CT molecular complexity index is 1720. The van der Waals surface area contributed by atoms with Crippen molar-refractivity contribution in [3.63, 3.8) is 0 Å². The summed E-state index contributed by atoms with van der Waals surface area (Å²) >= 11 is 0. The average Bonchev–Trinajstić information content (AvgIpc) is 3.43. The van der Waals surface area contributed by atoms with Crippen LogP contribution in [0.3, 0.4) is 0 Å². The molecule has 1 N–H and O–H groups in total. The first-order valence-electron chi connectivity index (χ1n) is 15.5. The molecule has 0 aliphatic carbocycles. The topological polar surface area (TPSA) is 160 Å². The van der Waals surface area contributed by atoms with Crippen molar-refractivity contribution in [1.29, 1.82) is 0 Å². The molecule has 264 valence electrons. The van der Waals surface area contributed by atoms with Gasteiger partial charge >= 0.3 is 6.09 Å². The molecule has 2 fully saturated rings. The van der Waals surface area contributed by atoms with Crippen LogP contribution in [0.1, 0.15) is 33.0 Å². The Labute approximate surface area is 278 Å². The summed E-state index contributed by atoms with van der Waals surface area (Å²) in [6.07, 6.45) is -3.78. The van der Waals surface area contributed by atoms with Crippen LogP contribution in [0.4, 0.5) is 31.2 Å². The number of rotatable bonds is 10. The summed E-state index contributed by atoms with van der Waals surface area (Å²) in [5, 5.41) is 2.63. The zero-order chi connectivity index (χ0) is 34.8. The van der Waals surface area contributed by atoms with E-state index in [9.17, 15) is 22.0 Å². The second kappa shape index (κ2) is 14.3. The fourth-order valence-electron chi connectivity index (χ4n) is 5.25. The van der Waals surface area contributed by atoms with Crippen molar-refractivity contribution in [2.45, 2.75) is 32.8 Å². The first kappa shape index (κ1) is 35.4. The van der Waals surface area contributed by atoms with Gasteiger partial charge in [-0.2, -0.15) is 19.3 Å². The lowest BCUT2D eigenvalue weighted by molar-refractivity contribution is 0.0636. The molecule has 16 nitrogen and oxygen atoms in total. The Balaban J connectivity index is 1.57. The van der Waals surface area contributed by atoms with Crippen LogP contribution >= 0.6 is 0 Å². The van der Waals surface area contributed by atoms with E-state index in [1.165, 1.54) is 23.5 Å². The number of methoxy groups -OCH3 is 1. The molecule has 4 heterocycles. The third kappa shape index (κ3) is 8.19. The smallest absolute Gasteiger partial charge is 0.412 e. The van der Waals surface area contributed by atoms with Gasteiger partial charge in [-0.15, -0.1) is 0 Å². The summed E-state index contributed by atoms with van der Waals surface area (Å²) in [7, 11) is 1.52. The van der Waals surface area contributed by atoms with Gasteiger partial charge in [0, 0.05) is 57.6 Å². The Morgan fingerprint density at radius 1 is 0.979 bits per heavy atom. The molecule has 2 aliphatic rings. The van der Waals surface area contributed by atoms with Crippen molar-refractivity contribution in [3.8, 4) is 11.7 Å². The number of benzene rings is 1. The number of nitrogens with zero attached hydrogens (tertiary/aromatic N) is 9. The van der Waals surface area contributed by atoms with Gasteiger partial charge in [-0.1, -0.05) is 0 Å². The van der Waals surface area contributed by atoms with Crippen molar-refractivity contribution >= 4 is 44.7 Å². The summed E-state index contributed by atoms with van der Waals surface area (Å²) in [4.78, 5) is 36.3. The summed E-state index contributed by atoms with van der Waals surface area (Å²) in [5.74, 6) is -0.194. The van der Waals surface area contributed by atoms with E-state index in [2.05, 4.69) is 20.3 Å². The number of sulfonamides is 1. The number of anilines is 3. The number of halogens is 2. The number of amides is 1. The zero-order valence-corrected chi connectivity index (χ0v) is 28.8. The third-order valence-corrected chi connectivity index (χ3v) is 9.47. The van der Waals surface area contributed by atoms with Crippen molar-refractivity contribution in [2.75, 3.05) is 101 Å². The molecule has 0 bridgehead atoms. The second-order valence-corrected chi connectivity index (χ2v) is 14.7. The minimum absolute atomic E-state index is 0.00454. The highest BCUT2D eigenvalue weighted by Gasteiger charge is 2.31. The van der Waals surface area contributed by atoms with Gasteiger partial charge in [0.05, 0.1) is 31.6 Å². The number of carbonyl (C=O) groups excluding carboxylic acids is 1. The number of ether oxygens (including phenoxy) is 3. The number of hydrogen-bond donors (Lipinski definition) is 1. The Morgan fingerprint density at radius 3 is 2.15 bits per heavy atom. The fraction of sp³-hybridized carbons (Fsp3) is 0.621. The van der Waals surface area contributed by atoms with E-state index < -0.39 is 34.0 Å². The van der Waals surface area contributed by atoms with Crippen LogP contribution in [-0.4, -0.2) is 140 Å². The number of alkyl halides is 2. The molecule has 5 rings (SSSR count). The van der Waals surface area contributed by atoms with Gasteiger partial charge in [-0.25, -0.2) is 27.0 Å². The molecule has 2 aliphatic heterocycles. The molecule has 0 radical (unpaired) electrons. The van der Waals surface area contributed by atoms with Crippen LogP contribution in [0.2, 0.25) is 0 Å². The van der Waals surface area contributed by atoms with Crippen LogP contribution in [0, 0.1) is 0 Å². The van der Waals surface area contributed by atoms with Crippen LogP contribution in [0.15, 0.2) is 12.1 Å². The van der Waals surface area contributed by atoms with Crippen LogP contribution in [0.5, 0.6) is 5.75 Å². The van der Waals surface area contributed by atoms with Gasteiger partial charge in [0.1, 0.15) is 16.9 Å². The molecule has 3 aromatic rings. The van der Waals surface area contributed by atoms with Gasteiger partial charge < -0.3 is 28.9 Å². The van der Waals surface area contributed by atoms with E-state index in [0.29, 0.717) is 32.8 Å². The van der Waals surface area contributed by atoms with Gasteiger partial charge in [-0.3, -0.25) is 9.88 Å². The first-order chi connectivity index (χ1) is 22.6. The molecule has 19 heteroatoms. The van der Waals surface area contributed by atoms with E-state index in [1.54, 1.807) is 20.8 Å². The molecule has 0 unspecified atom stereocenters. The van der Waals surface area contributed by atoms with Gasteiger partial charge in [0.2, 0.25) is 27.9 Å². The molecule has 48 heavy (non-hydrogen) atoms. The molecule has 0 spiro atoms. The maximum absolute atomic E-state index is 14.7. The maximum Gasteiger partial charge on any atom is 0.412 e. The fourth-order valence-corrected chi connectivity index (χ4v) is 6.83. The number of carbonyl (C=O) groups is 1. The SMILES string of the molecule is COc1cc(NC(=O)OC(C)(C)C)cc2c1nc(C(F)F)n2-c1nc(N2CCOCC2)nc(N2CCN(S(=O)(=O)CCN(C)C)CC2)n1. The largest absolute Gasteiger partial charge is 0.494 e. The zero-order valence-electron chi connectivity index (χ0n) is 27.9. The van der Waals surface area contributed by atoms with E-state index in [-0.39, 0.29) is 72.2 Å². The lowest BCUT2D eigenvalue weighted by Crippen LogP contribution is -2.50. The molecular formula is C29H42F2N10O6S. The minimum Gasteiger partial charge on any atom is -0.494 e. The number of imidazole rings is 1. The Kier molecular flexibility index (Phi) is 10.5. The van der Waals surface area contributed by atoms with Gasteiger partial charge in [0.15, 0.2) is 5.82 Å². The summed E-state index contributed by atoms with van der Waals surface area (Å²) in [6.45, 7) is 8.28. The summed E-state index contributed by atoms with van der Waals surface area (Å²) in [5.41, 5.74) is -0.307. The minimum atomic E-state index is -3.48. The molecule has 2 saturated heterocycles. The quantitative estimate of drug-likeness (QED) is 0.329.